The number of likely N-dealkylation sites (tertiary alicyclic amines) is 1. The van der Waals surface area contributed by atoms with Crippen LogP contribution >= 0.6 is 0 Å². The molecule has 1 aromatic rings. The summed E-state index contributed by atoms with van der Waals surface area (Å²) in [6.07, 6.45) is -1.37. The number of carbonyl (C=O) groups is 7. The lowest BCUT2D eigenvalue weighted by Crippen LogP contribution is -2.60. The van der Waals surface area contributed by atoms with E-state index in [9.17, 15) is 42.3 Å². The molecule has 2 saturated carbocycles. The third-order valence-corrected chi connectivity index (χ3v) is 10.9. The van der Waals surface area contributed by atoms with Crippen LogP contribution in [0.25, 0.3) is 0 Å². The summed E-state index contributed by atoms with van der Waals surface area (Å²) in [6, 6.07) is 3.91. The Morgan fingerprint density at radius 1 is 0.964 bits per heavy atom. The second-order valence-electron chi connectivity index (χ2n) is 16.7. The van der Waals surface area contributed by atoms with E-state index >= 15 is 0 Å². The number of fused-ring (bicyclic) bond motifs is 1. The highest BCUT2D eigenvalue weighted by Crippen LogP contribution is 2.65. The molecule has 6 unspecified atom stereocenters. The van der Waals surface area contributed by atoms with E-state index in [4.69, 9.17) is 4.74 Å². The molecule has 0 radical (unpaired) electrons. The van der Waals surface area contributed by atoms with Crippen LogP contribution in [0.5, 0.6) is 0 Å². The molecule has 4 N–H and O–H groups in total. The van der Waals surface area contributed by atoms with Crippen molar-refractivity contribution in [2.45, 2.75) is 116 Å². The Balaban J connectivity index is 1.47. The van der Waals surface area contributed by atoms with Crippen molar-refractivity contribution in [3.8, 4) is 0 Å². The Bertz CT molecular complexity index is 1620. The molecular formula is C39H56F2N6O8. The van der Waals surface area contributed by atoms with Gasteiger partial charge in [0.15, 0.2) is 0 Å². The molecule has 0 aromatic heterocycles. The summed E-state index contributed by atoms with van der Waals surface area (Å²) in [5, 5.41) is 10.2. The minimum atomic E-state index is -2.88. The number of likely N-dealkylation sites (N-methyl/N-ethyl adjacent to an activating group) is 1. The number of piperidine rings is 1. The van der Waals surface area contributed by atoms with Gasteiger partial charge in [-0.2, -0.15) is 0 Å². The van der Waals surface area contributed by atoms with Gasteiger partial charge in [-0.1, -0.05) is 57.5 Å². The fraction of sp³-hybridized carbons (Fsp3) is 0.667. The molecule has 1 heterocycles. The fourth-order valence-electron chi connectivity index (χ4n) is 7.83. The number of alkyl halides is 2. The average Bonchev–Trinajstić information content (AvgIpc) is 3.41. The summed E-state index contributed by atoms with van der Waals surface area (Å²) < 4.78 is 33.7. The summed E-state index contributed by atoms with van der Waals surface area (Å²) >= 11 is 0. The van der Waals surface area contributed by atoms with Gasteiger partial charge in [-0.05, 0) is 68.8 Å². The molecule has 55 heavy (non-hydrogen) atoms. The number of ketones is 1. The van der Waals surface area contributed by atoms with Crippen LogP contribution in [0.15, 0.2) is 30.3 Å². The first-order valence-electron chi connectivity index (χ1n) is 18.9. The monoisotopic (exact) mass is 774 g/mol. The Labute approximate surface area is 321 Å². The Morgan fingerprint density at radius 2 is 1.58 bits per heavy atom. The second-order valence-corrected chi connectivity index (χ2v) is 16.7. The maximum Gasteiger partial charge on any atom is 0.408 e. The van der Waals surface area contributed by atoms with Gasteiger partial charge in [-0.25, -0.2) is 13.6 Å². The van der Waals surface area contributed by atoms with E-state index < -0.39 is 102 Å². The molecule has 1 saturated heterocycles. The van der Waals surface area contributed by atoms with E-state index in [1.54, 1.807) is 58.0 Å². The second kappa shape index (κ2) is 17.0. The van der Waals surface area contributed by atoms with Gasteiger partial charge < -0.3 is 35.8 Å². The van der Waals surface area contributed by atoms with Crippen LogP contribution in [0.1, 0.15) is 91.7 Å². The van der Waals surface area contributed by atoms with Crippen molar-refractivity contribution in [1.82, 2.24) is 31.1 Å². The van der Waals surface area contributed by atoms with Gasteiger partial charge in [0.25, 0.3) is 5.91 Å². The van der Waals surface area contributed by atoms with Gasteiger partial charge in [-0.15, -0.1) is 0 Å². The van der Waals surface area contributed by atoms with Gasteiger partial charge >= 0.3 is 6.09 Å². The number of alkyl carbamates (subject to hydrolysis) is 1. The molecular weight excluding hydrogens is 718 g/mol. The fourth-order valence-corrected chi connectivity index (χ4v) is 7.83. The van der Waals surface area contributed by atoms with Gasteiger partial charge in [0, 0.05) is 33.5 Å². The number of ether oxygens (including phenoxy) is 1. The van der Waals surface area contributed by atoms with Crippen LogP contribution in [0, 0.1) is 23.2 Å². The SMILES string of the molecule is CCCC(NC(=O)C1C2C(CN1C(=O)C(NC(=O)OC(C)(C)C)C1CCC(F)(F)CC1)C2(C)C)C(=O)C(=O)NCC(=O)NC(C(=O)N(C)C)c1ccccc1. The minimum Gasteiger partial charge on any atom is -0.444 e. The largest absolute Gasteiger partial charge is 0.444 e. The number of halogens is 2. The van der Waals surface area contributed by atoms with Crippen LogP contribution in [0.3, 0.4) is 0 Å². The van der Waals surface area contributed by atoms with Crippen molar-refractivity contribution >= 4 is 41.4 Å². The zero-order valence-electron chi connectivity index (χ0n) is 33.0. The predicted octanol–water partition coefficient (Wildman–Crippen LogP) is 3.10. The zero-order chi connectivity index (χ0) is 41.0. The lowest BCUT2D eigenvalue weighted by Gasteiger charge is -2.38. The molecule has 0 bridgehead atoms. The van der Waals surface area contributed by atoms with E-state index in [1.807, 2.05) is 13.8 Å². The molecule has 0 spiro atoms. The number of benzene rings is 1. The van der Waals surface area contributed by atoms with Crippen LogP contribution in [-0.2, 0) is 33.5 Å². The summed E-state index contributed by atoms with van der Waals surface area (Å²) in [5.41, 5.74) is -0.707. The van der Waals surface area contributed by atoms with Crippen LogP contribution in [-0.4, -0.2) is 108 Å². The third-order valence-electron chi connectivity index (χ3n) is 10.9. The van der Waals surface area contributed by atoms with Gasteiger partial charge in [0.1, 0.15) is 23.7 Å². The van der Waals surface area contributed by atoms with E-state index in [2.05, 4.69) is 21.3 Å². The molecule has 304 valence electrons. The maximum atomic E-state index is 14.3. The Kier molecular flexibility index (Phi) is 13.3. The van der Waals surface area contributed by atoms with Crippen molar-refractivity contribution in [3.63, 3.8) is 0 Å². The number of carbonyl (C=O) groups excluding carboxylic acids is 7. The molecule has 16 heteroatoms. The van der Waals surface area contributed by atoms with E-state index in [0.29, 0.717) is 12.0 Å². The molecule has 6 amide bonds. The zero-order valence-corrected chi connectivity index (χ0v) is 33.0. The van der Waals surface area contributed by atoms with E-state index in [0.717, 1.165) is 0 Å². The summed E-state index contributed by atoms with van der Waals surface area (Å²) in [7, 11) is 3.08. The molecule has 14 nitrogen and oxygen atoms in total. The highest BCUT2D eigenvalue weighted by Gasteiger charge is 2.70. The van der Waals surface area contributed by atoms with Gasteiger partial charge in [0.2, 0.25) is 35.3 Å². The van der Waals surface area contributed by atoms with Gasteiger partial charge in [0.05, 0.1) is 12.6 Å². The standard InChI is InChI=1S/C39H56F2N6O8/c1-9-13-25(31(49)33(51)42-20-26(48)44-28(34(52)46(7)8)22-14-11-10-12-15-22)43-32(50)30-27-24(38(27,5)6)21-47(30)35(53)29(45-36(54)55-37(2,3)4)23-16-18-39(40,41)19-17-23/h10-12,14-15,23-25,27-30H,9,13,16-21H2,1-8H3,(H,42,51)(H,43,50)(H,44,48)(H,45,54). The van der Waals surface area contributed by atoms with Crippen molar-refractivity contribution in [2.75, 3.05) is 27.2 Å². The smallest absolute Gasteiger partial charge is 0.408 e. The highest BCUT2D eigenvalue weighted by molar-refractivity contribution is 6.38. The van der Waals surface area contributed by atoms with Crippen molar-refractivity contribution in [2.24, 2.45) is 23.2 Å². The molecule has 1 aromatic carbocycles. The third kappa shape index (κ3) is 10.6. The molecule has 1 aliphatic heterocycles. The summed E-state index contributed by atoms with van der Waals surface area (Å²) in [5.74, 6) is -8.41. The topological polar surface area (TPSA) is 183 Å². The highest BCUT2D eigenvalue weighted by atomic mass is 19.3. The van der Waals surface area contributed by atoms with E-state index in [-0.39, 0.29) is 43.1 Å². The number of nitrogens with one attached hydrogen (secondary N) is 4. The number of Topliss-reactive ketones (excluding diaryl/α,β-unsaturated/α-hetero) is 1. The maximum absolute atomic E-state index is 14.3. The first-order valence-corrected chi connectivity index (χ1v) is 18.9. The lowest BCUT2D eigenvalue weighted by atomic mass is 9.81. The molecule has 4 rings (SSSR count). The molecule has 2 aliphatic carbocycles. The number of hydrogen-bond acceptors (Lipinski definition) is 8. The Morgan fingerprint density at radius 3 is 2.15 bits per heavy atom. The first kappa shape index (κ1) is 43.1. The Hall–Kier alpha value is -4.63. The van der Waals surface area contributed by atoms with Crippen molar-refractivity contribution < 1.29 is 47.1 Å². The number of amides is 6. The predicted molar refractivity (Wildman–Crippen MR) is 197 cm³/mol. The van der Waals surface area contributed by atoms with Crippen LogP contribution < -0.4 is 21.3 Å². The van der Waals surface area contributed by atoms with Crippen LogP contribution in [0.4, 0.5) is 13.6 Å². The van der Waals surface area contributed by atoms with Crippen molar-refractivity contribution in [3.05, 3.63) is 35.9 Å². The van der Waals surface area contributed by atoms with E-state index in [1.165, 1.54) is 23.9 Å². The number of hydrogen-bond donors (Lipinski definition) is 4. The average molecular weight is 775 g/mol. The van der Waals surface area contributed by atoms with Gasteiger partial charge in [-0.3, -0.25) is 28.8 Å². The molecule has 3 fully saturated rings. The van der Waals surface area contributed by atoms with Crippen LogP contribution in [0.2, 0.25) is 0 Å². The summed E-state index contributed by atoms with van der Waals surface area (Å²) in [6.45, 7) is 10.2. The number of nitrogens with zero attached hydrogens (tertiary/aromatic N) is 2. The normalized spacial score (nSPS) is 22.9. The first-order chi connectivity index (χ1) is 25.6. The van der Waals surface area contributed by atoms with Crippen molar-refractivity contribution in [1.29, 1.82) is 0 Å². The molecule has 6 atom stereocenters. The lowest BCUT2D eigenvalue weighted by molar-refractivity contribution is -0.145. The molecule has 3 aliphatic rings. The number of rotatable bonds is 14. The minimum absolute atomic E-state index is 0.0264. The summed E-state index contributed by atoms with van der Waals surface area (Å²) in [4.78, 5) is 96.3. The quantitative estimate of drug-likeness (QED) is 0.208.